The topological polar surface area (TPSA) is 38.3 Å². The van der Waals surface area contributed by atoms with E-state index in [1.54, 1.807) is 0 Å². The molecule has 86 valence electrons. The van der Waals surface area contributed by atoms with Crippen LogP contribution < -0.4 is 5.32 Å². The number of rotatable bonds is 2. The third-order valence-electron chi connectivity index (χ3n) is 2.51. The van der Waals surface area contributed by atoms with E-state index in [2.05, 4.69) is 5.32 Å². The van der Waals surface area contributed by atoms with Crippen molar-refractivity contribution in [1.82, 2.24) is 5.32 Å². The average Bonchev–Trinajstić information content (AvgIpc) is 2.78. The van der Waals surface area contributed by atoms with E-state index in [1.165, 1.54) is 7.11 Å². The van der Waals surface area contributed by atoms with Gasteiger partial charge in [-0.3, -0.25) is 4.70 Å². The summed E-state index contributed by atoms with van der Waals surface area (Å²) in [6.07, 6.45) is 1.88. The van der Waals surface area contributed by atoms with Gasteiger partial charge >= 0.3 is 5.97 Å². The van der Waals surface area contributed by atoms with Gasteiger partial charge in [0, 0.05) is 6.54 Å². The summed E-state index contributed by atoms with van der Waals surface area (Å²) in [4.78, 5) is 11.5. The van der Waals surface area contributed by atoms with Gasteiger partial charge in [0.1, 0.15) is 0 Å². The molecule has 0 spiro atoms. The van der Waals surface area contributed by atoms with Crippen molar-refractivity contribution >= 4 is 5.97 Å². The molecule has 1 aliphatic heterocycles. The molecule has 0 fully saturated rings. The number of carbonyl (C=O) groups excluding carboxylic acids is 1. The fourth-order valence-electron chi connectivity index (χ4n) is 1.78. The first-order chi connectivity index (χ1) is 7.33. The summed E-state index contributed by atoms with van der Waals surface area (Å²) in [6, 6.07) is 9.85. The molecule has 4 heteroatoms. The normalized spacial score (nSPS) is 18.6. The maximum Gasteiger partial charge on any atom is 0.335 e. The van der Waals surface area contributed by atoms with Gasteiger partial charge in [-0.25, -0.2) is 4.79 Å². The third kappa shape index (κ3) is 2.28. The lowest BCUT2D eigenvalue weighted by Gasteiger charge is -2.14. The molecule has 16 heavy (non-hydrogen) atoms. The summed E-state index contributed by atoms with van der Waals surface area (Å²) >= 11 is 0. The highest BCUT2D eigenvalue weighted by molar-refractivity contribution is 5.90. The molecule has 0 aromatic heterocycles. The van der Waals surface area contributed by atoms with E-state index in [1.807, 2.05) is 36.4 Å². The SMILES string of the molecule is COC(=O)C1=CCNC1c1ccccc1.F. The molecule has 1 heterocycles. The highest BCUT2D eigenvalue weighted by Gasteiger charge is 2.26. The van der Waals surface area contributed by atoms with E-state index >= 15 is 0 Å². The van der Waals surface area contributed by atoms with Gasteiger partial charge in [-0.1, -0.05) is 36.4 Å². The van der Waals surface area contributed by atoms with Gasteiger partial charge < -0.3 is 10.1 Å². The summed E-state index contributed by atoms with van der Waals surface area (Å²) in [5.41, 5.74) is 1.79. The number of methoxy groups -OCH3 is 1. The number of benzene rings is 1. The van der Waals surface area contributed by atoms with Gasteiger partial charge in [-0.05, 0) is 5.56 Å². The van der Waals surface area contributed by atoms with Crippen LogP contribution >= 0.6 is 0 Å². The minimum atomic E-state index is -0.256. The first kappa shape index (κ1) is 12.4. The van der Waals surface area contributed by atoms with Crippen LogP contribution in [0.1, 0.15) is 11.6 Å². The van der Waals surface area contributed by atoms with Crippen molar-refractivity contribution in [1.29, 1.82) is 0 Å². The zero-order valence-corrected chi connectivity index (χ0v) is 8.97. The molecule has 1 aliphatic rings. The van der Waals surface area contributed by atoms with Crippen molar-refractivity contribution in [2.24, 2.45) is 0 Å². The van der Waals surface area contributed by atoms with Gasteiger partial charge in [0.25, 0.3) is 0 Å². The Balaban J connectivity index is 0.00000128. The molecule has 0 bridgehead atoms. The number of halogens is 1. The molecule has 1 aromatic carbocycles. The first-order valence-corrected chi connectivity index (χ1v) is 4.89. The Labute approximate surface area is 93.5 Å². The lowest BCUT2D eigenvalue weighted by molar-refractivity contribution is -0.136. The Kier molecular flexibility index (Phi) is 4.19. The van der Waals surface area contributed by atoms with Crippen LogP contribution in [0.4, 0.5) is 4.70 Å². The smallest absolute Gasteiger partial charge is 0.335 e. The molecule has 0 saturated heterocycles. The largest absolute Gasteiger partial charge is 0.466 e. The highest BCUT2D eigenvalue weighted by Crippen LogP contribution is 2.25. The number of ether oxygens (including phenoxy) is 1. The zero-order chi connectivity index (χ0) is 10.7. The van der Waals surface area contributed by atoms with Crippen molar-refractivity contribution in [3.05, 3.63) is 47.5 Å². The van der Waals surface area contributed by atoms with Crippen LogP contribution in [0, 0.1) is 0 Å². The summed E-state index contributed by atoms with van der Waals surface area (Å²) in [6.45, 7) is 0.712. The summed E-state index contributed by atoms with van der Waals surface area (Å²) in [7, 11) is 1.41. The predicted octanol–water partition coefficient (Wildman–Crippen LogP) is 1.58. The summed E-state index contributed by atoms with van der Waals surface area (Å²) < 4.78 is 4.74. The number of hydrogen-bond acceptors (Lipinski definition) is 3. The fourth-order valence-corrected chi connectivity index (χ4v) is 1.78. The number of nitrogens with one attached hydrogen (secondary N) is 1. The van der Waals surface area contributed by atoms with Crippen LogP contribution in [0.25, 0.3) is 0 Å². The molecule has 0 radical (unpaired) electrons. The lowest BCUT2D eigenvalue weighted by atomic mass is 10.0. The molecular formula is C12H14FNO2. The highest BCUT2D eigenvalue weighted by atomic mass is 19.0. The van der Waals surface area contributed by atoms with E-state index in [9.17, 15) is 4.79 Å². The number of hydrogen-bond donors (Lipinski definition) is 1. The Bertz CT molecular complexity index is 389. The second kappa shape index (κ2) is 5.42. The Morgan fingerprint density at radius 3 is 2.69 bits per heavy atom. The van der Waals surface area contributed by atoms with Gasteiger partial charge in [0.15, 0.2) is 0 Å². The van der Waals surface area contributed by atoms with E-state index < -0.39 is 0 Å². The van der Waals surface area contributed by atoms with Crippen LogP contribution in [0.15, 0.2) is 42.0 Å². The van der Waals surface area contributed by atoms with Crippen molar-refractivity contribution < 1.29 is 14.2 Å². The van der Waals surface area contributed by atoms with Crippen LogP contribution in [-0.2, 0) is 9.53 Å². The molecule has 0 aliphatic carbocycles. The first-order valence-electron chi connectivity index (χ1n) is 4.89. The van der Waals surface area contributed by atoms with E-state index in [0.717, 1.165) is 5.56 Å². The molecule has 0 saturated carbocycles. The van der Waals surface area contributed by atoms with Gasteiger partial charge in [-0.15, -0.1) is 0 Å². The van der Waals surface area contributed by atoms with E-state index in [-0.39, 0.29) is 16.7 Å². The Morgan fingerprint density at radius 2 is 2.06 bits per heavy atom. The number of carbonyl (C=O) groups is 1. The fraction of sp³-hybridized carbons (Fsp3) is 0.250. The molecule has 1 atom stereocenters. The van der Waals surface area contributed by atoms with Crippen molar-refractivity contribution in [3.63, 3.8) is 0 Å². The molecule has 1 aromatic rings. The predicted molar refractivity (Wildman–Crippen MR) is 59.8 cm³/mol. The quantitative estimate of drug-likeness (QED) is 0.774. The maximum absolute atomic E-state index is 11.5. The van der Waals surface area contributed by atoms with Crippen molar-refractivity contribution in [2.75, 3.05) is 13.7 Å². The monoisotopic (exact) mass is 223 g/mol. The molecule has 0 amide bonds. The minimum absolute atomic E-state index is 0. The average molecular weight is 223 g/mol. The molecule has 1 unspecified atom stereocenters. The Hall–Kier alpha value is -1.68. The van der Waals surface area contributed by atoms with E-state index in [0.29, 0.717) is 12.1 Å². The maximum atomic E-state index is 11.5. The van der Waals surface area contributed by atoms with Crippen LogP contribution in [-0.4, -0.2) is 19.6 Å². The van der Waals surface area contributed by atoms with Crippen molar-refractivity contribution in [3.8, 4) is 0 Å². The standard InChI is InChI=1S/C12H13NO2.FH/c1-15-12(14)10-7-8-13-11(10)9-5-3-2-4-6-9;/h2-7,11,13H,8H2,1H3;1H. The van der Waals surface area contributed by atoms with E-state index in [4.69, 9.17) is 4.74 Å². The molecule has 3 nitrogen and oxygen atoms in total. The van der Waals surface area contributed by atoms with Gasteiger partial charge in [0.05, 0.1) is 18.7 Å². The van der Waals surface area contributed by atoms with Gasteiger partial charge in [-0.2, -0.15) is 0 Å². The molecule has 1 N–H and O–H groups in total. The lowest BCUT2D eigenvalue weighted by Crippen LogP contribution is -2.20. The second-order valence-corrected chi connectivity index (χ2v) is 3.40. The zero-order valence-electron chi connectivity index (χ0n) is 8.97. The molecule has 2 rings (SSSR count). The summed E-state index contributed by atoms with van der Waals surface area (Å²) in [5, 5.41) is 3.24. The van der Waals surface area contributed by atoms with Crippen LogP contribution in [0.5, 0.6) is 0 Å². The second-order valence-electron chi connectivity index (χ2n) is 3.40. The molecular weight excluding hydrogens is 209 g/mol. The van der Waals surface area contributed by atoms with Crippen LogP contribution in [0.3, 0.4) is 0 Å². The van der Waals surface area contributed by atoms with Crippen LogP contribution in [0.2, 0.25) is 0 Å². The number of esters is 1. The Morgan fingerprint density at radius 1 is 1.38 bits per heavy atom. The van der Waals surface area contributed by atoms with Crippen molar-refractivity contribution in [2.45, 2.75) is 6.04 Å². The summed E-state index contributed by atoms with van der Waals surface area (Å²) in [5.74, 6) is -0.256. The third-order valence-corrected chi connectivity index (χ3v) is 2.51. The minimum Gasteiger partial charge on any atom is -0.466 e. The van der Waals surface area contributed by atoms with Gasteiger partial charge in [0.2, 0.25) is 0 Å².